The number of nitrogens with zero attached hydrogens (tertiary/aromatic N) is 3. The molecule has 2 aromatic carbocycles. The highest BCUT2D eigenvalue weighted by atomic mass is 19.1. The maximum atomic E-state index is 14.4. The summed E-state index contributed by atoms with van der Waals surface area (Å²) in [6, 6.07) is 12.7. The van der Waals surface area contributed by atoms with Crippen molar-refractivity contribution in [1.82, 2.24) is 4.90 Å². The Hall–Kier alpha value is -2.73. The molecule has 1 amide bonds. The highest BCUT2D eigenvalue weighted by molar-refractivity contribution is 5.96. The first-order valence-corrected chi connectivity index (χ1v) is 9.69. The van der Waals surface area contributed by atoms with Crippen LogP contribution in [0.4, 0.5) is 15.8 Å². The molecule has 146 valence electrons. The molecule has 0 radical (unpaired) electrons. The summed E-state index contributed by atoms with van der Waals surface area (Å²) in [7, 11) is 0. The van der Waals surface area contributed by atoms with Crippen molar-refractivity contribution in [2.75, 3.05) is 49.1 Å². The van der Waals surface area contributed by atoms with E-state index in [1.165, 1.54) is 18.6 Å². The second kappa shape index (κ2) is 7.72. The van der Waals surface area contributed by atoms with Gasteiger partial charge in [0.2, 0.25) is 5.91 Å². The van der Waals surface area contributed by atoms with Crippen LogP contribution in [0.15, 0.2) is 42.5 Å². The first-order valence-electron chi connectivity index (χ1n) is 9.69. The lowest BCUT2D eigenvalue weighted by Crippen LogP contribution is -2.50. The molecule has 0 N–H and O–H groups in total. The molecule has 6 heteroatoms. The number of piperazine rings is 1. The smallest absolute Gasteiger partial charge is 0.241 e. The molecule has 2 aliphatic rings. The van der Waals surface area contributed by atoms with Gasteiger partial charge in [-0.05, 0) is 43.2 Å². The highest BCUT2D eigenvalue weighted by Crippen LogP contribution is 2.28. The molecule has 0 atom stereocenters. The number of carbonyl (C=O) groups is 2. The van der Waals surface area contributed by atoms with Crippen LogP contribution < -0.4 is 9.80 Å². The highest BCUT2D eigenvalue weighted by Gasteiger charge is 2.27. The zero-order valence-electron chi connectivity index (χ0n) is 16.0. The van der Waals surface area contributed by atoms with Gasteiger partial charge in [-0.2, -0.15) is 0 Å². The number of rotatable bonds is 4. The lowest BCUT2D eigenvalue weighted by molar-refractivity contribution is -0.119. The van der Waals surface area contributed by atoms with Gasteiger partial charge in [-0.1, -0.05) is 18.2 Å². The van der Waals surface area contributed by atoms with Gasteiger partial charge in [0.25, 0.3) is 0 Å². The number of para-hydroxylation sites is 1. The third-order valence-electron chi connectivity index (χ3n) is 5.61. The maximum absolute atomic E-state index is 14.4. The minimum atomic E-state index is -0.370. The predicted octanol–water partition coefficient (Wildman–Crippen LogP) is 2.74. The summed E-state index contributed by atoms with van der Waals surface area (Å²) in [6.07, 6.45) is 0.908. The van der Waals surface area contributed by atoms with Crippen molar-refractivity contribution in [2.24, 2.45) is 0 Å². The standard InChI is InChI=1S/C22H24FN3O2/c1-16(27)18-6-7-21(19(23)14-18)25-12-10-24(11-13-25)15-22(28)26-9-8-17-4-2-3-5-20(17)26/h2-7,14H,8-13,15H2,1H3. The van der Waals surface area contributed by atoms with Gasteiger partial charge in [0, 0.05) is 44.0 Å². The van der Waals surface area contributed by atoms with E-state index in [1.54, 1.807) is 12.1 Å². The minimum Gasteiger partial charge on any atom is -0.367 e. The van der Waals surface area contributed by atoms with Gasteiger partial charge in [0.15, 0.2) is 5.78 Å². The second-order valence-electron chi connectivity index (χ2n) is 7.41. The maximum Gasteiger partial charge on any atom is 0.241 e. The summed E-state index contributed by atoms with van der Waals surface area (Å²) in [5.74, 6) is -0.390. The summed E-state index contributed by atoms with van der Waals surface area (Å²) in [6.45, 7) is 5.27. The van der Waals surface area contributed by atoms with E-state index < -0.39 is 0 Å². The molecule has 2 heterocycles. The van der Waals surface area contributed by atoms with Crippen molar-refractivity contribution in [3.63, 3.8) is 0 Å². The number of Topliss-reactive ketones (excluding diaryl/α,β-unsaturated/α-hetero) is 1. The SMILES string of the molecule is CC(=O)c1ccc(N2CCN(CC(=O)N3CCc4ccccc43)CC2)c(F)c1. The Morgan fingerprint density at radius 2 is 1.71 bits per heavy atom. The Bertz CT molecular complexity index is 906. The lowest BCUT2D eigenvalue weighted by atomic mass is 10.1. The summed E-state index contributed by atoms with van der Waals surface area (Å²) in [5.41, 5.74) is 3.16. The van der Waals surface area contributed by atoms with Crippen molar-refractivity contribution >= 4 is 23.1 Å². The van der Waals surface area contributed by atoms with E-state index in [4.69, 9.17) is 0 Å². The first-order chi connectivity index (χ1) is 13.5. The van der Waals surface area contributed by atoms with E-state index in [0.29, 0.717) is 44.0 Å². The number of benzene rings is 2. The average Bonchev–Trinajstić information content (AvgIpc) is 3.13. The molecule has 0 aliphatic carbocycles. The fraction of sp³-hybridized carbons (Fsp3) is 0.364. The molecule has 0 spiro atoms. The number of halogens is 1. The Balaban J connectivity index is 1.35. The van der Waals surface area contributed by atoms with Crippen LogP contribution >= 0.6 is 0 Å². The Morgan fingerprint density at radius 3 is 2.43 bits per heavy atom. The van der Waals surface area contributed by atoms with Gasteiger partial charge in [0.1, 0.15) is 5.82 Å². The quantitative estimate of drug-likeness (QED) is 0.764. The number of hydrogen-bond acceptors (Lipinski definition) is 4. The van der Waals surface area contributed by atoms with Crippen molar-refractivity contribution in [1.29, 1.82) is 0 Å². The van der Waals surface area contributed by atoms with Crippen LogP contribution in [-0.2, 0) is 11.2 Å². The molecule has 0 aromatic heterocycles. The van der Waals surface area contributed by atoms with Crippen LogP contribution in [-0.4, -0.2) is 55.9 Å². The fourth-order valence-electron chi connectivity index (χ4n) is 4.00. The third-order valence-corrected chi connectivity index (χ3v) is 5.61. The van der Waals surface area contributed by atoms with Crippen molar-refractivity contribution in [3.05, 3.63) is 59.4 Å². The van der Waals surface area contributed by atoms with E-state index in [0.717, 1.165) is 18.7 Å². The summed E-state index contributed by atoms with van der Waals surface area (Å²) in [5, 5.41) is 0. The number of anilines is 2. The van der Waals surface area contributed by atoms with Crippen molar-refractivity contribution in [3.8, 4) is 0 Å². The van der Waals surface area contributed by atoms with E-state index in [2.05, 4.69) is 11.0 Å². The molecule has 2 aromatic rings. The molecule has 0 unspecified atom stereocenters. The Morgan fingerprint density at radius 1 is 0.964 bits per heavy atom. The number of amides is 1. The lowest BCUT2D eigenvalue weighted by Gasteiger charge is -2.36. The minimum absolute atomic E-state index is 0.121. The van der Waals surface area contributed by atoms with E-state index in [-0.39, 0.29) is 17.5 Å². The van der Waals surface area contributed by atoms with Crippen LogP contribution in [0, 0.1) is 5.82 Å². The van der Waals surface area contributed by atoms with Crippen LogP contribution in [0.5, 0.6) is 0 Å². The molecule has 1 fully saturated rings. The molecule has 1 saturated heterocycles. The average molecular weight is 381 g/mol. The fourth-order valence-corrected chi connectivity index (χ4v) is 4.00. The van der Waals surface area contributed by atoms with Crippen LogP contribution in [0.2, 0.25) is 0 Å². The molecule has 4 rings (SSSR count). The van der Waals surface area contributed by atoms with Gasteiger partial charge in [-0.25, -0.2) is 4.39 Å². The Kier molecular flexibility index (Phi) is 5.13. The van der Waals surface area contributed by atoms with Crippen LogP contribution in [0.1, 0.15) is 22.8 Å². The third kappa shape index (κ3) is 3.64. The summed E-state index contributed by atoms with van der Waals surface area (Å²) >= 11 is 0. The van der Waals surface area contributed by atoms with E-state index in [9.17, 15) is 14.0 Å². The van der Waals surface area contributed by atoms with E-state index in [1.807, 2.05) is 28.0 Å². The van der Waals surface area contributed by atoms with Crippen molar-refractivity contribution in [2.45, 2.75) is 13.3 Å². The predicted molar refractivity (Wildman–Crippen MR) is 108 cm³/mol. The second-order valence-corrected chi connectivity index (χ2v) is 7.41. The van der Waals surface area contributed by atoms with Gasteiger partial charge < -0.3 is 9.80 Å². The first kappa shape index (κ1) is 18.6. The zero-order valence-corrected chi connectivity index (χ0v) is 16.0. The number of fused-ring (bicyclic) bond motifs is 1. The molecule has 0 saturated carbocycles. The zero-order chi connectivity index (χ0) is 19.7. The summed E-state index contributed by atoms with van der Waals surface area (Å²) in [4.78, 5) is 30.1. The van der Waals surface area contributed by atoms with Crippen LogP contribution in [0.25, 0.3) is 0 Å². The van der Waals surface area contributed by atoms with Gasteiger partial charge in [-0.15, -0.1) is 0 Å². The molecular formula is C22H24FN3O2. The Labute approximate surface area is 164 Å². The van der Waals surface area contributed by atoms with Gasteiger partial charge >= 0.3 is 0 Å². The largest absolute Gasteiger partial charge is 0.367 e. The van der Waals surface area contributed by atoms with Gasteiger partial charge in [0.05, 0.1) is 12.2 Å². The van der Waals surface area contributed by atoms with Gasteiger partial charge in [-0.3, -0.25) is 14.5 Å². The molecule has 0 bridgehead atoms. The van der Waals surface area contributed by atoms with Crippen molar-refractivity contribution < 1.29 is 14.0 Å². The molecule has 2 aliphatic heterocycles. The monoisotopic (exact) mass is 381 g/mol. The summed E-state index contributed by atoms with van der Waals surface area (Å²) < 4.78 is 14.4. The van der Waals surface area contributed by atoms with E-state index >= 15 is 0 Å². The molecule has 5 nitrogen and oxygen atoms in total. The number of ketones is 1. The number of carbonyl (C=O) groups excluding carboxylic acids is 2. The van der Waals surface area contributed by atoms with Crippen LogP contribution in [0.3, 0.4) is 0 Å². The number of hydrogen-bond donors (Lipinski definition) is 0. The molecular weight excluding hydrogens is 357 g/mol. The molecule has 28 heavy (non-hydrogen) atoms. The normalized spacial score (nSPS) is 16.9. The topological polar surface area (TPSA) is 43.9 Å².